The normalized spacial score (nSPS) is 20.5. The predicted octanol–water partition coefficient (Wildman–Crippen LogP) is 3.50. The zero-order chi connectivity index (χ0) is 27.0. The molecule has 2 unspecified atom stereocenters. The van der Waals surface area contributed by atoms with Gasteiger partial charge in [0.1, 0.15) is 24.6 Å². The van der Waals surface area contributed by atoms with Crippen molar-refractivity contribution in [2.24, 2.45) is 5.41 Å². The molecule has 37 heavy (non-hydrogen) atoms. The molecule has 1 aromatic carbocycles. The summed E-state index contributed by atoms with van der Waals surface area (Å²) in [5, 5.41) is 10.4. The van der Waals surface area contributed by atoms with E-state index in [1.54, 1.807) is 0 Å². The Morgan fingerprint density at radius 1 is 1.30 bits per heavy atom. The molecule has 2 saturated heterocycles. The molecule has 11 nitrogen and oxygen atoms in total. The molecule has 15 heteroatoms. The molecular formula is C22H27F2N5O6S2. The quantitative estimate of drug-likeness (QED) is 0.368. The van der Waals surface area contributed by atoms with Crippen LogP contribution in [0.4, 0.5) is 19.4 Å². The molecule has 0 bridgehead atoms. The van der Waals surface area contributed by atoms with E-state index in [-0.39, 0.29) is 34.8 Å². The maximum atomic E-state index is 14.1. The number of nitrogens with zero attached hydrogens (tertiary/aromatic N) is 4. The van der Waals surface area contributed by atoms with Crippen LogP contribution in [0.1, 0.15) is 32.8 Å². The Morgan fingerprint density at radius 3 is 2.65 bits per heavy atom. The number of hydrogen-bond donors (Lipinski definition) is 2. The summed E-state index contributed by atoms with van der Waals surface area (Å²) >= 11 is 0.955. The molecule has 2 aliphatic heterocycles. The van der Waals surface area contributed by atoms with E-state index < -0.39 is 45.5 Å². The van der Waals surface area contributed by atoms with E-state index in [2.05, 4.69) is 14.7 Å². The number of benzene rings is 1. The summed E-state index contributed by atoms with van der Waals surface area (Å²) in [7, 11) is -3.86. The second kappa shape index (κ2) is 10.6. The van der Waals surface area contributed by atoms with E-state index in [1.165, 1.54) is 22.5 Å². The molecule has 2 N–H and O–H groups in total. The van der Waals surface area contributed by atoms with Crippen LogP contribution in [0.3, 0.4) is 0 Å². The van der Waals surface area contributed by atoms with Crippen molar-refractivity contribution in [2.75, 3.05) is 24.4 Å². The van der Waals surface area contributed by atoms with E-state index in [0.717, 1.165) is 29.3 Å². The maximum Gasteiger partial charge on any atom is 0.431 e. The number of halogens is 2. The first-order valence-electron chi connectivity index (χ1n) is 11.4. The van der Waals surface area contributed by atoms with Crippen LogP contribution in [0.25, 0.3) is 0 Å². The summed E-state index contributed by atoms with van der Waals surface area (Å²) in [4.78, 5) is 25.5. The van der Waals surface area contributed by atoms with Crippen LogP contribution in [0, 0.1) is 17.0 Å². The standard InChI is InChI=1S/C22H27F2N5O6S2/c1-22(2,3)19-15(11-34-29(19)21(30)31)35-17-10-16(27-37(32,33)28-8-5-9-28)25-20(26-17)36-12-13-6-4-7-14(23)18(13)24/h4,6-7,10,15,19H,5,8-9,11-12H2,1-3H3,(H,30,31)(H,25,26,27). The van der Waals surface area contributed by atoms with E-state index >= 15 is 0 Å². The van der Waals surface area contributed by atoms with Gasteiger partial charge in [0, 0.05) is 30.5 Å². The van der Waals surface area contributed by atoms with Crippen molar-refractivity contribution in [3.63, 3.8) is 0 Å². The minimum absolute atomic E-state index is 0.0324. The third-order valence-electron chi connectivity index (χ3n) is 5.79. The van der Waals surface area contributed by atoms with E-state index in [9.17, 15) is 27.1 Å². The zero-order valence-corrected chi connectivity index (χ0v) is 22.0. The van der Waals surface area contributed by atoms with Gasteiger partial charge in [0.05, 0.1) is 0 Å². The number of aromatic nitrogens is 2. The Labute approximate surface area is 217 Å². The molecule has 3 heterocycles. The molecule has 0 aliphatic carbocycles. The number of thioether (sulfide) groups is 1. The molecule has 4 rings (SSSR count). The van der Waals surface area contributed by atoms with Crippen LogP contribution in [0.15, 0.2) is 29.4 Å². The van der Waals surface area contributed by atoms with Crippen LogP contribution in [0.5, 0.6) is 5.88 Å². The van der Waals surface area contributed by atoms with Gasteiger partial charge in [-0.05, 0) is 17.9 Å². The number of nitrogens with one attached hydrogen (secondary N) is 1. The van der Waals surface area contributed by atoms with Gasteiger partial charge in [0.25, 0.3) is 0 Å². The summed E-state index contributed by atoms with van der Waals surface area (Å²) in [6, 6.07) is 4.39. The Balaban J connectivity index is 1.62. The van der Waals surface area contributed by atoms with Gasteiger partial charge in [-0.1, -0.05) is 44.7 Å². The molecule has 1 amide bonds. The largest absolute Gasteiger partial charge is 0.469 e. The number of anilines is 1. The van der Waals surface area contributed by atoms with Crippen molar-refractivity contribution in [3.8, 4) is 5.88 Å². The average molecular weight is 560 g/mol. The lowest BCUT2D eigenvalue weighted by molar-refractivity contribution is -0.120. The van der Waals surface area contributed by atoms with Gasteiger partial charge in [0.15, 0.2) is 16.8 Å². The van der Waals surface area contributed by atoms with E-state index in [1.807, 2.05) is 20.8 Å². The first kappa shape index (κ1) is 27.3. The number of ether oxygens (including phenoxy) is 1. The summed E-state index contributed by atoms with van der Waals surface area (Å²) in [5.74, 6) is -2.13. The summed E-state index contributed by atoms with van der Waals surface area (Å²) < 4.78 is 62.7. The number of amides is 1. The Kier molecular flexibility index (Phi) is 7.78. The van der Waals surface area contributed by atoms with Crippen molar-refractivity contribution >= 4 is 33.9 Å². The predicted molar refractivity (Wildman–Crippen MR) is 130 cm³/mol. The smallest absolute Gasteiger partial charge is 0.431 e. The Morgan fingerprint density at radius 2 is 2.03 bits per heavy atom. The zero-order valence-electron chi connectivity index (χ0n) is 20.3. The first-order chi connectivity index (χ1) is 17.3. The van der Waals surface area contributed by atoms with Gasteiger partial charge < -0.3 is 9.84 Å². The number of carbonyl (C=O) groups is 1. The lowest BCUT2D eigenvalue weighted by Gasteiger charge is -2.34. The number of hydrogen-bond acceptors (Lipinski definition) is 8. The van der Waals surface area contributed by atoms with Crippen LogP contribution >= 0.6 is 11.8 Å². The van der Waals surface area contributed by atoms with Crippen LogP contribution < -0.4 is 9.46 Å². The molecule has 0 spiro atoms. The summed E-state index contributed by atoms with van der Waals surface area (Å²) in [6.45, 7) is 6.17. The fraction of sp³-hybridized carbons (Fsp3) is 0.500. The Hall–Kier alpha value is -2.75. The maximum absolute atomic E-state index is 14.1. The lowest BCUT2D eigenvalue weighted by atomic mass is 9.84. The SMILES string of the molecule is CC(C)(C)C1C(Oc2cc(NS(=O)(=O)N3CCC3)nc(SCc3cccc(F)c3F)n2)CON1C(=O)O. The Bertz CT molecular complexity index is 1270. The van der Waals surface area contributed by atoms with Gasteiger partial charge in [-0.2, -0.15) is 22.8 Å². The second-order valence-electron chi connectivity index (χ2n) is 9.61. The van der Waals surface area contributed by atoms with Crippen molar-refractivity contribution in [1.82, 2.24) is 19.3 Å². The van der Waals surface area contributed by atoms with E-state index in [4.69, 9.17) is 9.57 Å². The molecule has 2 aliphatic rings. The number of carboxylic acid groups (broad SMARTS) is 1. The van der Waals surface area contributed by atoms with Crippen molar-refractivity contribution in [1.29, 1.82) is 0 Å². The first-order valence-corrected chi connectivity index (χ1v) is 13.8. The summed E-state index contributed by atoms with van der Waals surface area (Å²) in [5.41, 5.74) is -0.488. The van der Waals surface area contributed by atoms with Crippen LogP contribution in [-0.2, 0) is 20.8 Å². The van der Waals surface area contributed by atoms with Gasteiger partial charge in [0.2, 0.25) is 5.88 Å². The third kappa shape index (κ3) is 6.22. The topological polar surface area (TPSA) is 134 Å². The lowest BCUT2D eigenvalue weighted by Crippen LogP contribution is -2.48. The highest BCUT2D eigenvalue weighted by Gasteiger charge is 2.47. The molecule has 1 aromatic heterocycles. The van der Waals surface area contributed by atoms with Crippen molar-refractivity contribution in [3.05, 3.63) is 41.5 Å². The number of rotatable bonds is 8. The van der Waals surface area contributed by atoms with Crippen LogP contribution in [-0.4, -0.2) is 70.8 Å². The van der Waals surface area contributed by atoms with Gasteiger partial charge in [-0.3, -0.25) is 9.56 Å². The highest BCUT2D eigenvalue weighted by molar-refractivity contribution is 7.98. The average Bonchev–Trinajstić information content (AvgIpc) is 3.17. The molecule has 202 valence electrons. The van der Waals surface area contributed by atoms with E-state index in [0.29, 0.717) is 13.1 Å². The highest BCUT2D eigenvalue weighted by atomic mass is 32.2. The molecule has 2 fully saturated rings. The summed E-state index contributed by atoms with van der Waals surface area (Å²) in [6.07, 6.45) is -1.29. The second-order valence-corrected chi connectivity index (χ2v) is 12.2. The molecular weight excluding hydrogens is 532 g/mol. The molecule has 2 atom stereocenters. The monoisotopic (exact) mass is 559 g/mol. The third-order valence-corrected chi connectivity index (χ3v) is 8.20. The molecule has 0 radical (unpaired) electrons. The van der Waals surface area contributed by atoms with Gasteiger partial charge >= 0.3 is 16.3 Å². The van der Waals surface area contributed by atoms with Crippen LogP contribution in [0.2, 0.25) is 0 Å². The number of hydroxylamine groups is 2. The van der Waals surface area contributed by atoms with Gasteiger partial charge in [-0.15, -0.1) is 0 Å². The molecule has 0 saturated carbocycles. The highest BCUT2D eigenvalue weighted by Crippen LogP contribution is 2.35. The van der Waals surface area contributed by atoms with Crippen molar-refractivity contribution < 1.29 is 36.7 Å². The fourth-order valence-corrected chi connectivity index (χ4v) is 5.98. The minimum atomic E-state index is -3.86. The molecule has 2 aromatic rings. The van der Waals surface area contributed by atoms with Gasteiger partial charge in [-0.25, -0.2) is 18.6 Å². The fourth-order valence-electron chi connectivity index (χ4n) is 3.92. The van der Waals surface area contributed by atoms with Crippen molar-refractivity contribution in [2.45, 2.75) is 50.2 Å². The minimum Gasteiger partial charge on any atom is -0.469 e.